The first kappa shape index (κ1) is 7.73. The van der Waals surface area contributed by atoms with Crippen molar-refractivity contribution in [3.05, 3.63) is 11.7 Å². The minimum atomic E-state index is -0.0274. The summed E-state index contributed by atoms with van der Waals surface area (Å²) in [5.41, 5.74) is -0.0274. The van der Waals surface area contributed by atoms with Gasteiger partial charge in [0.25, 0.3) is 0 Å². The fraction of sp³-hybridized carbons (Fsp3) is 0.750. The fourth-order valence-corrected chi connectivity index (χ4v) is 1.17. The molecule has 2 rings (SSSR count). The van der Waals surface area contributed by atoms with Crippen LogP contribution in [0.1, 0.15) is 25.6 Å². The molecule has 0 unspecified atom stereocenters. The molecule has 1 aliphatic heterocycles. The van der Waals surface area contributed by atoms with Crippen molar-refractivity contribution in [2.45, 2.75) is 25.7 Å². The maximum atomic E-state index is 5.12. The molecule has 0 bridgehead atoms. The lowest BCUT2D eigenvalue weighted by Crippen LogP contribution is -2.44. The molecule has 4 heteroatoms. The second kappa shape index (κ2) is 2.55. The van der Waals surface area contributed by atoms with Gasteiger partial charge in [0, 0.05) is 6.42 Å². The van der Waals surface area contributed by atoms with Gasteiger partial charge in [-0.15, -0.1) is 0 Å². The quantitative estimate of drug-likeness (QED) is 0.658. The number of ether oxygens (including phenoxy) is 1. The Morgan fingerprint density at radius 2 is 2.25 bits per heavy atom. The first-order valence-corrected chi connectivity index (χ1v) is 4.15. The summed E-state index contributed by atoms with van der Waals surface area (Å²) in [6, 6.07) is 0. The Labute approximate surface area is 70.9 Å². The van der Waals surface area contributed by atoms with E-state index in [0.29, 0.717) is 19.1 Å². The van der Waals surface area contributed by atoms with E-state index >= 15 is 0 Å². The van der Waals surface area contributed by atoms with E-state index in [4.69, 9.17) is 9.26 Å². The third-order valence-corrected chi connectivity index (χ3v) is 2.14. The average molecular weight is 168 g/mol. The van der Waals surface area contributed by atoms with Crippen molar-refractivity contribution in [1.82, 2.24) is 10.1 Å². The normalized spacial score (nSPS) is 20.5. The van der Waals surface area contributed by atoms with Crippen molar-refractivity contribution in [1.29, 1.82) is 0 Å². The van der Waals surface area contributed by atoms with Crippen LogP contribution in [0.15, 0.2) is 4.52 Å². The van der Waals surface area contributed by atoms with Crippen LogP contribution in [0.2, 0.25) is 0 Å². The Hall–Kier alpha value is -0.900. The number of aryl methyl sites for hydroxylation is 1. The van der Waals surface area contributed by atoms with Gasteiger partial charge < -0.3 is 9.26 Å². The number of aromatic nitrogens is 2. The number of nitrogens with zero attached hydrogens (tertiary/aromatic N) is 2. The SMILES string of the molecule is CCc1noc(C2(C)COC2)n1. The molecule has 0 amide bonds. The summed E-state index contributed by atoms with van der Waals surface area (Å²) >= 11 is 0. The molecule has 1 aliphatic rings. The van der Waals surface area contributed by atoms with Gasteiger partial charge in [0.05, 0.1) is 18.6 Å². The summed E-state index contributed by atoms with van der Waals surface area (Å²) in [7, 11) is 0. The zero-order chi connectivity index (χ0) is 8.60. The lowest BCUT2D eigenvalue weighted by Gasteiger charge is -2.33. The van der Waals surface area contributed by atoms with Crippen LogP contribution >= 0.6 is 0 Å². The molecule has 1 saturated heterocycles. The van der Waals surface area contributed by atoms with E-state index in [1.54, 1.807) is 0 Å². The molecule has 12 heavy (non-hydrogen) atoms. The van der Waals surface area contributed by atoms with Crippen LogP contribution in [0, 0.1) is 0 Å². The second-order valence-corrected chi connectivity index (χ2v) is 3.42. The third-order valence-electron chi connectivity index (χ3n) is 2.14. The Morgan fingerprint density at radius 1 is 1.50 bits per heavy atom. The predicted octanol–water partition coefficient (Wildman–Crippen LogP) is 0.920. The van der Waals surface area contributed by atoms with E-state index < -0.39 is 0 Å². The first-order chi connectivity index (χ1) is 5.74. The van der Waals surface area contributed by atoms with E-state index in [2.05, 4.69) is 17.1 Å². The highest BCUT2D eigenvalue weighted by Gasteiger charge is 2.40. The van der Waals surface area contributed by atoms with Crippen LogP contribution in [0.3, 0.4) is 0 Å². The Morgan fingerprint density at radius 3 is 2.67 bits per heavy atom. The van der Waals surface area contributed by atoms with Crippen LogP contribution < -0.4 is 0 Å². The molecule has 66 valence electrons. The van der Waals surface area contributed by atoms with Crippen LogP contribution in [0.4, 0.5) is 0 Å². The van der Waals surface area contributed by atoms with Gasteiger partial charge in [-0.2, -0.15) is 4.98 Å². The zero-order valence-electron chi connectivity index (χ0n) is 7.33. The van der Waals surface area contributed by atoms with Gasteiger partial charge in [-0.05, 0) is 6.92 Å². The molecule has 0 aromatic carbocycles. The van der Waals surface area contributed by atoms with E-state index in [9.17, 15) is 0 Å². The Kier molecular flexibility index (Phi) is 1.65. The largest absolute Gasteiger partial charge is 0.379 e. The van der Waals surface area contributed by atoms with E-state index in [1.807, 2.05) is 6.92 Å². The maximum absolute atomic E-state index is 5.12. The summed E-state index contributed by atoms with van der Waals surface area (Å²) < 4.78 is 10.2. The molecular formula is C8H12N2O2. The molecule has 0 atom stereocenters. The lowest BCUT2D eigenvalue weighted by atomic mass is 9.89. The molecule has 0 radical (unpaired) electrons. The van der Waals surface area contributed by atoms with Crippen molar-refractivity contribution in [2.75, 3.05) is 13.2 Å². The summed E-state index contributed by atoms with van der Waals surface area (Å²) in [6.45, 7) is 5.47. The minimum absolute atomic E-state index is 0.0274. The van der Waals surface area contributed by atoms with Crippen molar-refractivity contribution < 1.29 is 9.26 Å². The fourth-order valence-electron chi connectivity index (χ4n) is 1.17. The van der Waals surface area contributed by atoms with Gasteiger partial charge >= 0.3 is 0 Å². The molecule has 0 aliphatic carbocycles. The molecule has 1 aromatic rings. The topological polar surface area (TPSA) is 48.2 Å². The molecule has 4 nitrogen and oxygen atoms in total. The van der Waals surface area contributed by atoms with Gasteiger partial charge in [-0.3, -0.25) is 0 Å². The van der Waals surface area contributed by atoms with Crippen LogP contribution in [0.5, 0.6) is 0 Å². The zero-order valence-corrected chi connectivity index (χ0v) is 7.33. The van der Waals surface area contributed by atoms with Crippen LogP contribution in [-0.4, -0.2) is 23.4 Å². The van der Waals surface area contributed by atoms with Crippen LogP contribution in [-0.2, 0) is 16.6 Å². The van der Waals surface area contributed by atoms with Crippen molar-refractivity contribution >= 4 is 0 Å². The molecule has 0 spiro atoms. The van der Waals surface area contributed by atoms with E-state index in [-0.39, 0.29) is 5.41 Å². The predicted molar refractivity (Wildman–Crippen MR) is 41.8 cm³/mol. The van der Waals surface area contributed by atoms with Crippen molar-refractivity contribution in [2.24, 2.45) is 0 Å². The highest BCUT2D eigenvalue weighted by atomic mass is 16.5. The first-order valence-electron chi connectivity index (χ1n) is 4.15. The average Bonchev–Trinajstić information content (AvgIpc) is 2.48. The molecular weight excluding hydrogens is 156 g/mol. The number of rotatable bonds is 2. The van der Waals surface area contributed by atoms with Crippen LogP contribution in [0.25, 0.3) is 0 Å². The van der Waals surface area contributed by atoms with Gasteiger partial charge in [0.2, 0.25) is 5.89 Å². The molecule has 0 N–H and O–H groups in total. The Bertz CT molecular complexity index is 278. The van der Waals surface area contributed by atoms with E-state index in [1.165, 1.54) is 0 Å². The summed E-state index contributed by atoms with van der Waals surface area (Å²) in [5, 5.41) is 3.84. The van der Waals surface area contributed by atoms with E-state index in [0.717, 1.165) is 12.2 Å². The van der Waals surface area contributed by atoms with Gasteiger partial charge in [-0.1, -0.05) is 12.1 Å². The van der Waals surface area contributed by atoms with Gasteiger partial charge in [0.15, 0.2) is 5.82 Å². The number of hydrogen-bond donors (Lipinski definition) is 0. The molecule has 2 heterocycles. The number of hydrogen-bond acceptors (Lipinski definition) is 4. The maximum Gasteiger partial charge on any atom is 0.237 e. The summed E-state index contributed by atoms with van der Waals surface area (Å²) in [6.07, 6.45) is 0.820. The molecule has 0 saturated carbocycles. The molecule has 1 fully saturated rings. The lowest BCUT2D eigenvalue weighted by molar-refractivity contribution is -0.0644. The smallest absolute Gasteiger partial charge is 0.237 e. The Balaban J connectivity index is 2.22. The highest BCUT2D eigenvalue weighted by molar-refractivity contribution is 5.07. The summed E-state index contributed by atoms with van der Waals surface area (Å²) in [4.78, 5) is 4.26. The third kappa shape index (κ3) is 1.03. The second-order valence-electron chi connectivity index (χ2n) is 3.42. The van der Waals surface area contributed by atoms with Gasteiger partial charge in [0.1, 0.15) is 0 Å². The monoisotopic (exact) mass is 168 g/mol. The molecule has 1 aromatic heterocycles. The summed E-state index contributed by atoms with van der Waals surface area (Å²) in [5.74, 6) is 1.49. The van der Waals surface area contributed by atoms with Crippen molar-refractivity contribution in [3.8, 4) is 0 Å². The minimum Gasteiger partial charge on any atom is -0.379 e. The van der Waals surface area contributed by atoms with Crippen molar-refractivity contribution in [3.63, 3.8) is 0 Å². The standard InChI is InChI=1S/C8H12N2O2/c1-3-6-9-7(12-10-6)8(2)4-11-5-8/h3-5H2,1-2H3. The highest BCUT2D eigenvalue weighted by Crippen LogP contribution is 2.30. The van der Waals surface area contributed by atoms with Gasteiger partial charge in [-0.25, -0.2) is 0 Å².